The monoisotopic (exact) mass is 353 g/mol. The van der Waals surface area contributed by atoms with Crippen LogP contribution in [0.1, 0.15) is 44.6 Å². The van der Waals surface area contributed by atoms with Gasteiger partial charge in [-0.3, -0.25) is 4.90 Å². The summed E-state index contributed by atoms with van der Waals surface area (Å²) in [5, 5.41) is 3.91. The smallest absolute Gasteiger partial charge is 0.338 e. The van der Waals surface area contributed by atoms with Gasteiger partial charge < -0.3 is 4.52 Å². The van der Waals surface area contributed by atoms with E-state index in [2.05, 4.69) is 28.9 Å². The molecule has 1 fully saturated rings. The van der Waals surface area contributed by atoms with E-state index in [-0.39, 0.29) is 0 Å². The molecule has 0 radical (unpaired) electrons. The van der Waals surface area contributed by atoms with Crippen LogP contribution < -0.4 is 0 Å². The molecular weight excluding hydrogens is 331 g/mol. The lowest BCUT2D eigenvalue weighted by atomic mass is 10.1. The molecule has 1 aromatic carbocycles. The van der Waals surface area contributed by atoms with Crippen molar-refractivity contribution in [1.29, 1.82) is 0 Å². The molecular formula is C18H22F3N3O. The third-order valence-corrected chi connectivity index (χ3v) is 4.33. The summed E-state index contributed by atoms with van der Waals surface area (Å²) >= 11 is 0. The summed E-state index contributed by atoms with van der Waals surface area (Å²) < 4.78 is 43.2. The minimum atomic E-state index is -4.35. The first kappa shape index (κ1) is 17.9. The minimum absolute atomic E-state index is 0.323. The highest BCUT2D eigenvalue weighted by molar-refractivity contribution is 5.54. The Morgan fingerprint density at radius 2 is 1.88 bits per heavy atom. The zero-order valence-corrected chi connectivity index (χ0v) is 14.4. The Morgan fingerprint density at radius 1 is 1.20 bits per heavy atom. The molecule has 25 heavy (non-hydrogen) atoms. The van der Waals surface area contributed by atoms with Crippen LogP contribution in [0.25, 0.3) is 11.4 Å². The van der Waals surface area contributed by atoms with E-state index in [1.807, 2.05) is 0 Å². The molecule has 0 unspecified atom stereocenters. The van der Waals surface area contributed by atoms with Gasteiger partial charge in [0, 0.05) is 11.6 Å². The third kappa shape index (κ3) is 4.81. The molecule has 4 nitrogen and oxygen atoms in total. The fraction of sp³-hybridized carbons (Fsp3) is 0.556. The Morgan fingerprint density at radius 3 is 2.44 bits per heavy atom. The molecule has 0 aliphatic heterocycles. The number of hydrogen-bond acceptors (Lipinski definition) is 4. The second kappa shape index (κ2) is 7.15. The van der Waals surface area contributed by atoms with E-state index >= 15 is 0 Å². The van der Waals surface area contributed by atoms with Gasteiger partial charge in [-0.1, -0.05) is 31.1 Å². The van der Waals surface area contributed by atoms with Crippen molar-refractivity contribution in [1.82, 2.24) is 15.0 Å². The Balaban J connectivity index is 1.67. The van der Waals surface area contributed by atoms with Crippen molar-refractivity contribution in [2.24, 2.45) is 5.92 Å². The Labute approximate surface area is 145 Å². The fourth-order valence-corrected chi connectivity index (χ4v) is 2.67. The summed E-state index contributed by atoms with van der Waals surface area (Å²) in [6.45, 7) is 5.96. The van der Waals surface area contributed by atoms with E-state index in [4.69, 9.17) is 4.52 Å². The van der Waals surface area contributed by atoms with Gasteiger partial charge in [0.15, 0.2) is 0 Å². The average molecular weight is 353 g/mol. The standard InChI is InChI=1S/C18H22F3N3O/c1-12(2)9-10-24(15-7-8-15)11-16-22-17(23-25-16)13-3-5-14(6-4-13)18(19,20)21/h3-6,12,15H,7-11H2,1-2H3. The van der Waals surface area contributed by atoms with Crippen LogP contribution in [0, 0.1) is 5.92 Å². The average Bonchev–Trinajstić information content (AvgIpc) is 3.29. The Bertz CT molecular complexity index is 690. The van der Waals surface area contributed by atoms with Crippen molar-refractivity contribution >= 4 is 0 Å². The summed E-state index contributed by atoms with van der Waals surface area (Å²) in [7, 11) is 0. The molecule has 1 aliphatic rings. The maximum atomic E-state index is 12.6. The SMILES string of the molecule is CC(C)CCN(Cc1nc(-c2ccc(C(F)(F)F)cc2)no1)C1CC1. The van der Waals surface area contributed by atoms with Crippen molar-refractivity contribution in [3.63, 3.8) is 0 Å². The molecule has 3 rings (SSSR count). The molecule has 0 spiro atoms. The first-order chi connectivity index (χ1) is 11.8. The lowest BCUT2D eigenvalue weighted by molar-refractivity contribution is -0.137. The van der Waals surface area contributed by atoms with Crippen LogP contribution in [0.3, 0.4) is 0 Å². The summed E-state index contributed by atoms with van der Waals surface area (Å²) in [6.07, 6.45) is -0.853. The molecule has 0 bridgehead atoms. The van der Waals surface area contributed by atoms with E-state index in [1.165, 1.54) is 25.0 Å². The van der Waals surface area contributed by atoms with Crippen molar-refractivity contribution < 1.29 is 17.7 Å². The van der Waals surface area contributed by atoms with Crippen molar-refractivity contribution in [3.05, 3.63) is 35.7 Å². The lowest BCUT2D eigenvalue weighted by Gasteiger charge is -2.20. The van der Waals surface area contributed by atoms with E-state index in [1.54, 1.807) is 0 Å². The number of aromatic nitrogens is 2. The quantitative estimate of drug-likeness (QED) is 0.719. The van der Waals surface area contributed by atoms with E-state index in [0.717, 1.165) is 25.1 Å². The van der Waals surface area contributed by atoms with Crippen molar-refractivity contribution in [3.8, 4) is 11.4 Å². The van der Waals surface area contributed by atoms with Crippen molar-refractivity contribution in [2.75, 3.05) is 6.54 Å². The zero-order valence-electron chi connectivity index (χ0n) is 14.4. The van der Waals surface area contributed by atoms with Gasteiger partial charge in [-0.25, -0.2) is 0 Å². The third-order valence-electron chi connectivity index (χ3n) is 4.33. The molecule has 7 heteroatoms. The van der Waals surface area contributed by atoms with Gasteiger partial charge in [-0.05, 0) is 43.9 Å². The number of hydrogen-bond donors (Lipinski definition) is 0. The molecule has 1 aliphatic carbocycles. The fourth-order valence-electron chi connectivity index (χ4n) is 2.67. The molecule has 1 saturated carbocycles. The zero-order chi connectivity index (χ0) is 18.0. The van der Waals surface area contributed by atoms with Crippen LogP contribution in [-0.4, -0.2) is 27.6 Å². The summed E-state index contributed by atoms with van der Waals surface area (Å²) in [5.41, 5.74) is -0.170. The molecule has 1 heterocycles. The van der Waals surface area contributed by atoms with Gasteiger partial charge in [0.2, 0.25) is 11.7 Å². The number of alkyl halides is 3. The summed E-state index contributed by atoms with van der Waals surface area (Å²) in [6, 6.07) is 5.39. The first-order valence-electron chi connectivity index (χ1n) is 8.57. The summed E-state index contributed by atoms with van der Waals surface area (Å²) in [4.78, 5) is 6.70. The largest absolute Gasteiger partial charge is 0.416 e. The second-order valence-corrected chi connectivity index (χ2v) is 6.97. The Hall–Kier alpha value is -1.89. The van der Waals surface area contributed by atoms with Gasteiger partial charge in [-0.15, -0.1) is 0 Å². The van der Waals surface area contributed by atoms with E-state index in [9.17, 15) is 13.2 Å². The molecule has 0 amide bonds. The van der Waals surface area contributed by atoms with Gasteiger partial charge in [0.25, 0.3) is 0 Å². The molecule has 1 aromatic heterocycles. The molecule has 136 valence electrons. The highest BCUT2D eigenvalue weighted by Gasteiger charge is 2.31. The number of nitrogens with zero attached hydrogens (tertiary/aromatic N) is 3. The predicted molar refractivity (Wildman–Crippen MR) is 87.6 cm³/mol. The highest BCUT2D eigenvalue weighted by atomic mass is 19.4. The van der Waals surface area contributed by atoms with Crippen LogP contribution >= 0.6 is 0 Å². The highest BCUT2D eigenvalue weighted by Crippen LogP contribution is 2.31. The van der Waals surface area contributed by atoms with Crippen molar-refractivity contribution in [2.45, 2.75) is 51.9 Å². The van der Waals surface area contributed by atoms with E-state index in [0.29, 0.717) is 35.8 Å². The number of halogens is 3. The maximum absolute atomic E-state index is 12.6. The molecule has 0 N–H and O–H groups in total. The maximum Gasteiger partial charge on any atom is 0.416 e. The first-order valence-corrected chi connectivity index (χ1v) is 8.57. The van der Waals surface area contributed by atoms with Crippen LogP contribution in [-0.2, 0) is 12.7 Å². The van der Waals surface area contributed by atoms with Gasteiger partial charge >= 0.3 is 6.18 Å². The lowest BCUT2D eigenvalue weighted by Crippen LogP contribution is -2.27. The van der Waals surface area contributed by atoms with E-state index < -0.39 is 11.7 Å². The number of rotatable bonds is 7. The predicted octanol–water partition coefficient (Wildman–Crippen LogP) is 4.77. The van der Waals surface area contributed by atoms with Gasteiger partial charge in [0.05, 0.1) is 12.1 Å². The molecule has 2 aromatic rings. The molecule has 0 saturated heterocycles. The van der Waals surface area contributed by atoms with Gasteiger partial charge in [-0.2, -0.15) is 18.2 Å². The number of benzene rings is 1. The topological polar surface area (TPSA) is 42.2 Å². The van der Waals surface area contributed by atoms with Crippen LogP contribution in [0.5, 0.6) is 0 Å². The van der Waals surface area contributed by atoms with Crippen LogP contribution in [0.15, 0.2) is 28.8 Å². The second-order valence-electron chi connectivity index (χ2n) is 6.97. The van der Waals surface area contributed by atoms with Crippen LogP contribution in [0.2, 0.25) is 0 Å². The summed E-state index contributed by atoms with van der Waals surface area (Å²) in [5.74, 6) is 1.46. The van der Waals surface area contributed by atoms with Gasteiger partial charge in [0.1, 0.15) is 0 Å². The normalized spacial score (nSPS) is 15.3. The van der Waals surface area contributed by atoms with Crippen LogP contribution in [0.4, 0.5) is 13.2 Å². The molecule has 0 atom stereocenters. The minimum Gasteiger partial charge on any atom is -0.338 e. The Kier molecular flexibility index (Phi) is 5.13.